The maximum absolute atomic E-state index is 11.7. The lowest BCUT2D eigenvalue weighted by Crippen LogP contribution is -2.23. The number of carbonyl (C=O) groups is 1. The molecule has 0 atom stereocenters. The molecule has 0 aliphatic rings. The van der Waals surface area contributed by atoms with Gasteiger partial charge in [0.1, 0.15) is 0 Å². The first-order valence-corrected chi connectivity index (χ1v) is 10.3. The average molecular weight is 336 g/mol. The van der Waals surface area contributed by atoms with E-state index >= 15 is 0 Å². The van der Waals surface area contributed by atoms with E-state index in [1.807, 2.05) is 12.2 Å². The smallest absolute Gasteiger partial charge is 0.219 e. The second-order valence-corrected chi connectivity index (χ2v) is 6.85. The van der Waals surface area contributed by atoms with Crippen molar-refractivity contribution in [3.05, 3.63) is 25.3 Å². The summed E-state index contributed by atoms with van der Waals surface area (Å²) in [5.41, 5.74) is 0. The van der Waals surface area contributed by atoms with Crippen molar-refractivity contribution >= 4 is 5.91 Å². The van der Waals surface area contributed by atoms with Crippen LogP contribution in [0.15, 0.2) is 25.3 Å². The number of rotatable bonds is 19. The van der Waals surface area contributed by atoms with Crippen molar-refractivity contribution in [3.63, 3.8) is 0 Å². The van der Waals surface area contributed by atoms with Crippen LogP contribution in [-0.4, -0.2) is 12.5 Å². The molecule has 0 aromatic rings. The second-order valence-electron chi connectivity index (χ2n) is 6.85. The van der Waals surface area contributed by atoms with Gasteiger partial charge in [0.25, 0.3) is 0 Å². The van der Waals surface area contributed by atoms with Crippen molar-refractivity contribution in [1.82, 2.24) is 5.32 Å². The molecule has 1 amide bonds. The fraction of sp³-hybridized carbons (Fsp3) is 0.773. The molecular formula is C22H41NO. The van der Waals surface area contributed by atoms with Gasteiger partial charge in [0.05, 0.1) is 0 Å². The number of hydrogen-bond donors (Lipinski definition) is 1. The van der Waals surface area contributed by atoms with Crippen LogP contribution < -0.4 is 5.32 Å². The Morgan fingerprint density at radius 1 is 0.625 bits per heavy atom. The van der Waals surface area contributed by atoms with E-state index in [4.69, 9.17) is 0 Å². The normalized spacial score (nSPS) is 10.5. The van der Waals surface area contributed by atoms with E-state index in [0.717, 1.165) is 32.2 Å². The summed E-state index contributed by atoms with van der Waals surface area (Å²) in [6, 6.07) is 0. The third-order valence-electron chi connectivity index (χ3n) is 4.47. The topological polar surface area (TPSA) is 29.1 Å². The van der Waals surface area contributed by atoms with E-state index in [2.05, 4.69) is 18.5 Å². The molecule has 0 spiro atoms. The Balaban J connectivity index is 3.15. The molecular weight excluding hydrogens is 294 g/mol. The number of unbranched alkanes of at least 4 members (excludes halogenated alkanes) is 13. The Bertz CT molecular complexity index is 298. The van der Waals surface area contributed by atoms with E-state index in [1.54, 1.807) is 0 Å². The monoisotopic (exact) mass is 335 g/mol. The predicted molar refractivity (Wildman–Crippen MR) is 107 cm³/mol. The van der Waals surface area contributed by atoms with Crippen LogP contribution in [-0.2, 0) is 4.79 Å². The highest BCUT2D eigenvalue weighted by atomic mass is 16.1. The van der Waals surface area contributed by atoms with Crippen molar-refractivity contribution in [3.8, 4) is 0 Å². The van der Waals surface area contributed by atoms with Crippen LogP contribution in [0.25, 0.3) is 0 Å². The zero-order valence-electron chi connectivity index (χ0n) is 16.0. The molecule has 0 radical (unpaired) electrons. The van der Waals surface area contributed by atoms with Crippen LogP contribution in [0, 0.1) is 0 Å². The highest BCUT2D eigenvalue weighted by Gasteiger charge is 2.00. The molecule has 0 unspecified atom stereocenters. The van der Waals surface area contributed by atoms with Gasteiger partial charge in [-0.2, -0.15) is 0 Å². The number of allylic oxidation sites excluding steroid dienone is 2. The van der Waals surface area contributed by atoms with Crippen LogP contribution in [0.5, 0.6) is 0 Å². The highest BCUT2D eigenvalue weighted by molar-refractivity contribution is 5.75. The van der Waals surface area contributed by atoms with Gasteiger partial charge in [0.2, 0.25) is 5.91 Å². The molecule has 0 saturated heterocycles. The van der Waals surface area contributed by atoms with E-state index < -0.39 is 0 Å². The van der Waals surface area contributed by atoms with Crippen molar-refractivity contribution < 1.29 is 4.79 Å². The van der Waals surface area contributed by atoms with Gasteiger partial charge in [-0.15, -0.1) is 13.2 Å². The molecule has 140 valence electrons. The van der Waals surface area contributed by atoms with Crippen molar-refractivity contribution in [2.45, 2.75) is 103 Å². The molecule has 0 aromatic carbocycles. The molecule has 0 bridgehead atoms. The Hall–Kier alpha value is -1.05. The zero-order valence-corrected chi connectivity index (χ0v) is 16.0. The minimum Gasteiger partial charge on any atom is -0.356 e. The van der Waals surface area contributed by atoms with Crippen LogP contribution in [0.1, 0.15) is 103 Å². The summed E-state index contributed by atoms with van der Waals surface area (Å²) in [7, 11) is 0. The first kappa shape index (κ1) is 22.9. The van der Waals surface area contributed by atoms with Gasteiger partial charge in [-0.25, -0.2) is 0 Å². The summed E-state index contributed by atoms with van der Waals surface area (Å²) >= 11 is 0. The standard InChI is InChI=1S/C22H41NO/c1-3-5-7-9-11-13-15-17-19-21-23-22(24)20-18-16-14-12-10-8-6-4-2/h3-4H,1-2,5-21H2,(H,23,24). The predicted octanol–water partition coefficient (Wildman–Crippen LogP) is 6.72. The lowest BCUT2D eigenvalue weighted by molar-refractivity contribution is -0.121. The SMILES string of the molecule is C=CCCCCCCCCCNC(=O)CCCCCCCCC=C. The van der Waals surface area contributed by atoms with Crippen molar-refractivity contribution in [2.75, 3.05) is 6.54 Å². The molecule has 2 heteroatoms. The zero-order chi connectivity index (χ0) is 17.7. The first-order valence-electron chi connectivity index (χ1n) is 10.3. The van der Waals surface area contributed by atoms with E-state index in [-0.39, 0.29) is 5.91 Å². The van der Waals surface area contributed by atoms with E-state index in [1.165, 1.54) is 70.6 Å². The molecule has 0 heterocycles. The molecule has 0 aliphatic heterocycles. The molecule has 0 rings (SSSR count). The summed E-state index contributed by atoms with van der Waals surface area (Å²) in [4.78, 5) is 11.7. The summed E-state index contributed by atoms with van der Waals surface area (Å²) in [6.45, 7) is 8.34. The molecule has 0 aromatic heterocycles. The molecule has 2 nitrogen and oxygen atoms in total. The van der Waals surface area contributed by atoms with Crippen LogP contribution in [0.4, 0.5) is 0 Å². The molecule has 1 N–H and O–H groups in total. The number of amides is 1. The van der Waals surface area contributed by atoms with Crippen LogP contribution >= 0.6 is 0 Å². The Morgan fingerprint density at radius 3 is 1.54 bits per heavy atom. The second kappa shape index (κ2) is 20.0. The third-order valence-corrected chi connectivity index (χ3v) is 4.47. The summed E-state index contributed by atoms with van der Waals surface area (Å²) in [6.07, 6.45) is 23.3. The van der Waals surface area contributed by atoms with Gasteiger partial charge >= 0.3 is 0 Å². The third kappa shape index (κ3) is 19.0. The maximum Gasteiger partial charge on any atom is 0.219 e. The lowest BCUT2D eigenvalue weighted by Gasteiger charge is -2.05. The highest BCUT2D eigenvalue weighted by Crippen LogP contribution is 2.09. The van der Waals surface area contributed by atoms with Crippen LogP contribution in [0.3, 0.4) is 0 Å². The quantitative estimate of drug-likeness (QED) is 0.206. The number of carbonyl (C=O) groups excluding carboxylic acids is 1. The summed E-state index contributed by atoms with van der Waals surface area (Å²) in [5, 5.41) is 3.06. The van der Waals surface area contributed by atoms with Crippen molar-refractivity contribution in [1.29, 1.82) is 0 Å². The Labute approximate surface area is 151 Å². The van der Waals surface area contributed by atoms with Gasteiger partial charge in [0.15, 0.2) is 0 Å². The first-order chi connectivity index (χ1) is 11.8. The van der Waals surface area contributed by atoms with E-state index in [9.17, 15) is 4.79 Å². The molecule has 24 heavy (non-hydrogen) atoms. The van der Waals surface area contributed by atoms with Gasteiger partial charge in [-0.3, -0.25) is 4.79 Å². The van der Waals surface area contributed by atoms with Crippen molar-refractivity contribution in [2.24, 2.45) is 0 Å². The fourth-order valence-corrected chi connectivity index (χ4v) is 2.90. The van der Waals surface area contributed by atoms with Gasteiger partial charge in [-0.05, 0) is 38.5 Å². The molecule has 0 fully saturated rings. The minimum atomic E-state index is 0.242. The minimum absolute atomic E-state index is 0.242. The average Bonchev–Trinajstić information content (AvgIpc) is 2.59. The fourth-order valence-electron chi connectivity index (χ4n) is 2.90. The molecule has 0 aliphatic carbocycles. The Kier molecular flexibility index (Phi) is 19.1. The largest absolute Gasteiger partial charge is 0.356 e. The maximum atomic E-state index is 11.7. The lowest BCUT2D eigenvalue weighted by atomic mass is 10.1. The van der Waals surface area contributed by atoms with Gasteiger partial charge in [-0.1, -0.05) is 69.9 Å². The Morgan fingerprint density at radius 2 is 1.04 bits per heavy atom. The summed E-state index contributed by atoms with van der Waals surface area (Å²) < 4.78 is 0. The molecule has 0 saturated carbocycles. The van der Waals surface area contributed by atoms with E-state index in [0.29, 0.717) is 6.42 Å². The van der Waals surface area contributed by atoms with Gasteiger partial charge in [0, 0.05) is 13.0 Å². The van der Waals surface area contributed by atoms with Gasteiger partial charge < -0.3 is 5.32 Å². The number of nitrogens with one attached hydrogen (secondary N) is 1. The summed E-state index contributed by atoms with van der Waals surface area (Å²) in [5.74, 6) is 0.242. The number of hydrogen-bond acceptors (Lipinski definition) is 1. The van der Waals surface area contributed by atoms with Crippen LogP contribution in [0.2, 0.25) is 0 Å².